The number of halogens is 1. The van der Waals surface area contributed by atoms with Crippen LogP contribution in [0.25, 0.3) is 10.8 Å². The lowest BCUT2D eigenvalue weighted by molar-refractivity contribution is -0.119. The van der Waals surface area contributed by atoms with E-state index in [1.807, 2.05) is 24.3 Å². The number of ketones is 1. The normalized spacial score (nSPS) is 14.4. The number of hydrogen-bond donors (Lipinski definition) is 2. The molecule has 0 saturated carbocycles. The van der Waals surface area contributed by atoms with Gasteiger partial charge in [0.05, 0.1) is 12.5 Å². The molecule has 0 spiro atoms. The Kier molecular flexibility index (Phi) is 4.74. The molecule has 3 aromatic rings. The van der Waals surface area contributed by atoms with Gasteiger partial charge in [-0.3, -0.25) is 9.78 Å². The summed E-state index contributed by atoms with van der Waals surface area (Å²) in [4.78, 5) is 16.9. The van der Waals surface area contributed by atoms with E-state index in [1.165, 1.54) is 0 Å². The number of fused-ring (bicyclic) bond motifs is 2. The molecule has 2 heterocycles. The van der Waals surface area contributed by atoms with E-state index in [1.54, 1.807) is 24.5 Å². The summed E-state index contributed by atoms with van der Waals surface area (Å²) in [6.07, 6.45) is 3.61. The van der Waals surface area contributed by atoms with E-state index in [4.69, 9.17) is 10.4 Å². The van der Waals surface area contributed by atoms with Crippen molar-refractivity contribution in [3.63, 3.8) is 0 Å². The van der Waals surface area contributed by atoms with Gasteiger partial charge in [-0.2, -0.15) is 0 Å². The van der Waals surface area contributed by atoms with Crippen molar-refractivity contribution in [2.24, 2.45) is 5.73 Å². The van der Waals surface area contributed by atoms with Gasteiger partial charge in [0.2, 0.25) is 0 Å². The summed E-state index contributed by atoms with van der Waals surface area (Å²) in [5.74, 6) is -1.56. The van der Waals surface area contributed by atoms with Crippen molar-refractivity contribution >= 4 is 29.1 Å². The van der Waals surface area contributed by atoms with Gasteiger partial charge in [-0.05, 0) is 28.1 Å². The van der Waals surface area contributed by atoms with Crippen molar-refractivity contribution in [2.75, 3.05) is 6.54 Å². The average Bonchev–Trinajstić information content (AvgIpc) is 3.05. The molecule has 4 rings (SSSR count). The Morgan fingerprint density at radius 3 is 2.96 bits per heavy atom. The van der Waals surface area contributed by atoms with Crippen molar-refractivity contribution in [1.29, 1.82) is 0 Å². The zero-order valence-corrected chi connectivity index (χ0v) is 14.6. The number of benzene rings is 2. The van der Waals surface area contributed by atoms with Crippen LogP contribution in [-0.2, 0) is 22.5 Å². The number of pyridine rings is 1. The summed E-state index contributed by atoms with van der Waals surface area (Å²) in [7, 11) is -1.30. The van der Waals surface area contributed by atoms with Gasteiger partial charge < -0.3 is 15.4 Å². The molecule has 0 amide bonds. The third-order valence-corrected chi connectivity index (χ3v) is 5.03. The standard InChI is InChI=1S/C20H18BFN2O3/c22-20-16(4-3-15-11-27-21(26)19(15)20)17(9-23)18(25)8-12-1-2-14-10-24-6-5-13(14)7-12/h1-7,10,17,26H,8-9,11,23H2. The van der Waals surface area contributed by atoms with E-state index in [9.17, 15) is 14.2 Å². The van der Waals surface area contributed by atoms with Crippen LogP contribution in [0.3, 0.4) is 0 Å². The van der Waals surface area contributed by atoms with E-state index in [0.29, 0.717) is 5.56 Å². The lowest BCUT2D eigenvalue weighted by Gasteiger charge is -2.17. The maximum atomic E-state index is 14.9. The summed E-state index contributed by atoms with van der Waals surface area (Å²) >= 11 is 0. The Balaban J connectivity index is 1.62. The van der Waals surface area contributed by atoms with Crippen LogP contribution in [0, 0.1) is 5.82 Å². The Morgan fingerprint density at radius 1 is 1.30 bits per heavy atom. The van der Waals surface area contributed by atoms with Gasteiger partial charge >= 0.3 is 7.12 Å². The SMILES string of the molecule is NCC(C(=O)Cc1ccc2cnccc2c1)c1ccc2c(c1F)B(O)OC2. The molecule has 0 aliphatic carbocycles. The molecule has 136 valence electrons. The summed E-state index contributed by atoms with van der Waals surface area (Å²) in [5, 5.41) is 11.8. The smallest absolute Gasteiger partial charge is 0.423 e. The highest BCUT2D eigenvalue weighted by Crippen LogP contribution is 2.24. The fourth-order valence-electron chi connectivity index (χ4n) is 3.56. The maximum Gasteiger partial charge on any atom is 0.494 e. The fraction of sp³-hybridized carbons (Fsp3) is 0.200. The third kappa shape index (κ3) is 3.25. The highest BCUT2D eigenvalue weighted by Gasteiger charge is 2.34. The molecule has 2 aromatic carbocycles. The zero-order valence-electron chi connectivity index (χ0n) is 14.6. The highest BCUT2D eigenvalue weighted by atomic mass is 19.1. The molecule has 1 atom stereocenters. The Hall–Kier alpha value is -2.61. The molecule has 7 heteroatoms. The minimum absolute atomic E-state index is 0.0109. The molecule has 0 radical (unpaired) electrons. The first-order valence-electron chi connectivity index (χ1n) is 8.74. The summed E-state index contributed by atoms with van der Waals surface area (Å²) in [6.45, 7) is 0.143. The molecule has 1 aliphatic rings. The maximum absolute atomic E-state index is 14.9. The fourth-order valence-corrected chi connectivity index (χ4v) is 3.56. The zero-order chi connectivity index (χ0) is 19.0. The molecule has 0 fully saturated rings. The highest BCUT2D eigenvalue weighted by molar-refractivity contribution is 6.61. The molecule has 27 heavy (non-hydrogen) atoms. The van der Waals surface area contributed by atoms with Gasteiger partial charge in [0, 0.05) is 36.2 Å². The molecule has 1 unspecified atom stereocenters. The molecule has 0 bridgehead atoms. The van der Waals surface area contributed by atoms with E-state index < -0.39 is 18.9 Å². The monoisotopic (exact) mass is 364 g/mol. The van der Waals surface area contributed by atoms with E-state index in [0.717, 1.165) is 16.3 Å². The summed E-state index contributed by atoms with van der Waals surface area (Å²) < 4.78 is 20.0. The van der Waals surface area contributed by atoms with Gasteiger partial charge in [0.15, 0.2) is 0 Å². The minimum atomic E-state index is -1.30. The van der Waals surface area contributed by atoms with Crippen LogP contribution in [0.2, 0.25) is 0 Å². The van der Waals surface area contributed by atoms with Crippen molar-refractivity contribution in [3.05, 3.63) is 71.3 Å². The lowest BCUT2D eigenvalue weighted by atomic mass is 9.76. The van der Waals surface area contributed by atoms with Crippen LogP contribution in [0.5, 0.6) is 0 Å². The second-order valence-corrected chi connectivity index (χ2v) is 6.69. The minimum Gasteiger partial charge on any atom is -0.423 e. The number of carbonyl (C=O) groups is 1. The molecule has 3 N–H and O–H groups in total. The molecule has 1 aromatic heterocycles. The van der Waals surface area contributed by atoms with Crippen molar-refractivity contribution in [2.45, 2.75) is 18.9 Å². The van der Waals surface area contributed by atoms with E-state index >= 15 is 0 Å². The predicted molar refractivity (Wildman–Crippen MR) is 101 cm³/mol. The first kappa shape index (κ1) is 17.8. The summed E-state index contributed by atoms with van der Waals surface area (Å²) in [5.41, 5.74) is 7.55. The average molecular weight is 364 g/mol. The second-order valence-electron chi connectivity index (χ2n) is 6.69. The number of nitrogens with two attached hydrogens (primary N) is 1. The van der Waals surface area contributed by atoms with Crippen LogP contribution in [0.1, 0.15) is 22.6 Å². The second kappa shape index (κ2) is 7.19. The molecule has 1 aliphatic heterocycles. The molecule has 5 nitrogen and oxygen atoms in total. The van der Waals surface area contributed by atoms with Crippen LogP contribution in [0.4, 0.5) is 4.39 Å². The Bertz CT molecular complexity index is 1030. The largest absolute Gasteiger partial charge is 0.494 e. The van der Waals surface area contributed by atoms with Crippen LogP contribution < -0.4 is 11.2 Å². The first-order valence-corrected chi connectivity index (χ1v) is 8.74. The Labute approximate surface area is 156 Å². The van der Waals surface area contributed by atoms with Crippen LogP contribution in [0.15, 0.2) is 48.8 Å². The predicted octanol–water partition coefficient (Wildman–Crippen LogP) is 1.45. The van der Waals surface area contributed by atoms with Gasteiger partial charge in [-0.15, -0.1) is 0 Å². The van der Waals surface area contributed by atoms with Crippen molar-refractivity contribution in [1.82, 2.24) is 4.98 Å². The number of aromatic nitrogens is 1. The quantitative estimate of drug-likeness (QED) is 0.670. The van der Waals surface area contributed by atoms with E-state index in [2.05, 4.69) is 4.98 Å². The van der Waals surface area contributed by atoms with Crippen LogP contribution in [-0.4, -0.2) is 29.5 Å². The number of carbonyl (C=O) groups excluding carboxylic acids is 1. The number of Topliss-reactive ketones (excluding diaryl/α,β-unsaturated/α-hetero) is 1. The Morgan fingerprint density at radius 2 is 2.15 bits per heavy atom. The molecular weight excluding hydrogens is 346 g/mol. The topological polar surface area (TPSA) is 85.4 Å². The van der Waals surface area contributed by atoms with Gasteiger partial charge in [-0.25, -0.2) is 4.39 Å². The molecule has 0 saturated heterocycles. The summed E-state index contributed by atoms with van der Waals surface area (Å²) in [6, 6.07) is 10.8. The van der Waals surface area contributed by atoms with Gasteiger partial charge in [-0.1, -0.05) is 30.3 Å². The third-order valence-electron chi connectivity index (χ3n) is 5.03. The van der Waals surface area contributed by atoms with Crippen molar-refractivity contribution in [3.8, 4) is 0 Å². The number of rotatable bonds is 5. The van der Waals surface area contributed by atoms with Gasteiger partial charge in [0.1, 0.15) is 11.6 Å². The first-order chi connectivity index (χ1) is 13.1. The van der Waals surface area contributed by atoms with Crippen LogP contribution >= 0.6 is 0 Å². The lowest BCUT2D eigenvalue weighted by Crippen LogP contribution is -2.34. The van der Waals surface area contributed by atoms with Crippen molar-refractivity contribution < 1.29 is 18.9 Å². The number of hydrogen-bond acceptors (Lipinski definition) is 5. The van der Waals surface area contributed by atoms with E-state index in [-0.39, 0.29) is 36.4 Å². The molecular formula is C20H18BFN2O3. The number of nitrogens with zero attached hydrogens (tertiary/aromatic N) is 1. The van der Waals surface area contributed by atoms with Gasteiger partial charge in [0.25, 0.3) is 0 Å².